The Bertz CT molecular complexity index is 801. The van der Waals surface area contributed by atoms with Crippen molar-refractivity contribution >= 4 is 52.1 Å². The molecule has 2 aromatic carbocycles. The molecule has 0 heterocycles. The van der Waals surface area contributed by atoms with Crippen molar-refractivity contribution in [3.8, 4) is 11.5 Å². The van der Waals surface area contributed by atoms with Crippen LogP contribution in [-0.4, -0.2) is 24.2 Å². The van der Waals surface area contributed by atoms with E-state index in [9.17, 15) is 4.79 Å². The zero-order valence-corrected chi connectivity index (χ0v) is 17.8. The van der Waals surface area contributed by atoms with Crippen molar-refractivity contribution < 1.29 is 14.3 Å². The first-order valence-electron chi connectivity index (χ1n) is 8.89. The average Bonchev–Trinajstić information content (AvgIpc) is 2.66. The number of hydrogen-bond acceptors (Lipinski definition) is 4. The summed E-state index contributed by atoms with van der Waals surface area (Å²) >= 11 is 17.0. The first-order valence-corrected chi connectivity index (χ1v) is 10.1. The number of ether oxygens (including phenoxy) is 2. The summed E-state index contributed by atoms with van der Waals surface area (Å²) < 4.78 is 11.1. The fourth-order valence-corrected chi connectivity index (χ4v) is 2.91. The van der Waals surface area contributed by atoms with Gasteiger partial charge in [-0.2, -0.15) is 0 Å². The molecule has 0 aromatic heterocycles. The number of rotatable bonds is 9. The molecule has 0 saturated carbocycles. The van der Waals surface area contributed by atoms with Crippen molar-refractivity contribution in [2.45, 2.75) is 26.2 Å². The van der Waals surface area contributed by atoms with Crippen LogP contribution in [0.3, 0.4) is 0 Å². The molecule has 0 spiro atoms. The van der Waals surface area contributed by atoms with Crippen LogP contribution in [0.5, 0.6) is 11.5 Å². The Morgan fingerprint density at radius 1 is 1.07 bits per heavy atom. The van der Waals surface area contributed by atoms with Crippen LogP contribution >= 0.6 is 35.4 Å². The number of thiocarbonyl (C=S) groups is 1. The van der Waals surface area contributed by atoms with Crippen molar-refractivity contribution in [3.05, 3.63) is 52.5 Å². The van der Waals surface area contributed by atoms with Crippen LogP contribution in [0.25, 0.3) is 0 Å². The van der Waals surface area contributed by atoms with E-state index in [1.54, 1.807) is 18.2 Å². The van der Waals surface area contributed by atoms with Gasteiger partial charge in [0.1, 0.15) is 11.5 Å². The van der Waals surface area contributed by atoms with Crippen molar-refractivity contribution in [3.63, 3.8) is 0 Å². The SMILES string of the molecule is CCCOc1ccc(NC(=S)NC(=O)CCCOc2ccc(Cl)cc2Cl)cc1. The minimum Gasteiger partial charge on any atom is -0.494 e. The van der Waals surface area contributed by atoms with E-state index in [4.69, 9.17) is 44.9 Å². The number of benzene rings is 2. The highest BCUT2D eigenvalue weighted by molar-refractivity contribution is 7.80. The van der Waals surface area contributed by atoms with Gasteiger partial charge in [-0.15, -0.1) is 0 Å². The number of amides is 1. The molecule has 2 rings (SSSR count). The Morgan fingerprint density at radius 2 is 1.82 bits per heavy atom. The minimum atomic E-state index is -0.189. The van der Waals surface area contributed by atoms with E-state index in [1.807, 2.05) is 24.3 Å². The highest BCUT2D eigenvalue weighted by atomic mass is 35.5. The van der Waals surface area contributed by atoms with Gasteiger partial charge in [0.15, 0.2) is 5.11 Å². The summed E-state index contributed by atoms with van der Waals surface area (Å²) in [6, 6.07) is 12.4. The van der Waals surface area contributed by atoms with Gasteiger partial charge >= 0.3 is 0 Å². The molecule has 0 aliphatic carbocycles. The van der Waals surface area contributed by atoms with E-state index in [1.165, 1.54) is 0 Å². The van der Waals surface area contributed by atoms with Gasteiger partial charge in [-0.1, -0.05) is 30.1 Å². The molecule has 0 unspecified atom stereocenters. The summed E-state index contributed by atoms with van der Waals surface area (Å²) in [6.45, 7) is 3.08. The van der Waals surface area contributed by atoms with E-state index in [-0.39, 0.29) is 17.4 Å². The van der Waals surface area contributed by atoms with Crippen LogP contribution in [0.4, 0.5) is 5.69 Å². The van der Waals surface area contributed by atoms with Gasteiger partial charge in [-0.25, -0.2) is 0 Å². The quantitative estimate of drug-likeness (QED) is 0.400. The maximum absolute atomic E-state index is 12.0. The molecule has 150 valence electrons. The summed E-state index contributed by atoms with van der Waals surface area (Å²) in [5, 5.41) is 6.84. The van der Waals surface area contributed by atoms with Gasteiger partial charge in [-0.3, -0.25) is 4.79 Å². The molecule has 0 fully saturated rings. The Labute approximate surface area is 180 Å². The molecular formula is C20H22Cl2N2O3S. The number of carbonyl (C=O) groups excluding carboxylic acids is 1. The van der Waals surface area contributed by atoms with Crippen LogP contribution in [-0.2, 0) is 4.79 Å². The van der Waals surface area contributed by atoms with E-state index in [0.717, 1.165) is 17.9 Å². The van der Waals surface area contributed by atoms with Crippen LogP contribution < -0.4 is 20.1 Å². The molecule has 0 bridgehead atoms. The standard InChI is InChI=1S/C20H22Cl2N2O3S/c1-2-11-26-16-8-6-15(7-9-16)23-20(28)24-19(25)4-3-12-27-18-10-5-14(21)13-17(18)22/h5-10,13H,2-4,11-12H2,1H3,(H2,23,24,25,28). The number of anilines is 1. The second-order valence-corrected chi connectivity index (χ2v) is 7.15. The Hall–Kier alpha value is -2.02. The topological polar surface area (TPSA) is 59.6 Å². The van der Waals surface area contributed by atoms with Crippen LogP contribution in [0.1, 0.15) is 26.2 Å². The Kier molecular flexibility index (Phi) is 9.34. The summed E-state index contributed by atoms with van der Waals surface area (Å²) in [4.78, 5) is 12.0. The lowest BCUT2D eigenvalue weighted by Crippen LogP contribution is -2.34. The molecule has 5 nitrogen and oxygen atoms in total. The molecule has 0 atom stereocenters. The lowest BCUT2D eigenvalue weighted by molar-refractivity contribution is -0.119. The summed E-state index contributed by atoms with van der Waals surface area (Å²) in [5.41, 5.74) is 0.773. The van der Waals surface area contributed by atoms with E-state index in [2.05, 4.69) is 17.6 Å². The lowest BCUT2D eigenvalue weighted by Gasteiger charge is -2.11. The van der Waals surface area contributed by atoms with Crippen molar-refractivity contribution in [1.29, 1.82) is 0 Å². The van der Waals surface area contributed by atoms with Crippen molar-refractivity contribution in [2.75, 3.05) is 18.5 Å². The van der Waals surface area contributed by atoms with E-state index >= 15 is 0 Å². The number of hydrogen-bond donors (Lipinski definition) is 2. The predicted octanol–water partition coefficient (Wildman–Crippen LogP) is 5.45. The monoisotopic (exact) mass is 440 g/mol. The molecular weight excluding hydrogens is 419 g/mol. The van der Waals surface area contributed by atoms with Crippen LogP contribution in [0.2, 0.25) is 10.0 Å². The maximum atomic E-state index is 12.0. The largest absolute Gasteiger partial charge is 0.494 e. The fraction of sp³-hybridized carbons (Fsp3) is 0.300. The third-order valence-corrected chi connectivity index (χ3v) is 4.27. The molecule has 28 heavy (non-hydrogen) atoms. The predicted molar refractivity (Wildman–Crippen MR) is 118 cm³/mol. The first kappa shape index (κ1) is 22.3. The third-order valence-electron chi connectivity index (χ3n) is 3.54. The lowest BCUT2D eigenvalue weighted by atomic mass is 10.3. The minimum absolute atomic E-state index is 0.189. The van der Waals surface area contributed by atoms with Gasteiger partial charge in [0.25, 0.3) is 0 Å². The van der Waals surface area contributed by atoms with Crippen molar-refractivity contribution in [1.82, 2.24) is 5.32 Å². The molecule has 8 heteroatoms. The molecule has 0 saturated heterocycles. The molecule has 2 N–H and O–H groups in total. The molecule has 0 aliphatic heterocycles. The third kappa shape index (κ3) is 7.92. The van der Waals surface area contributed by atoms with Crippen molar-refractivity contribution in [2.24, 2.45) is 0 Å². The van der Waals surface area contributed by atoms with Gasteiger partial charge in [-0.05, 0) is 67.5 Å². The smallest absolute Gasteiger partial charge is 0.226 e. The number of nitrogens with one attached hydrogen (secondary N) is 2. The second kappa shape index (κ2) is 11.7. The van der Waals surface area contributed by atoms with E-state index in [0.29, 0.717) is 35.4 Å². The maximum Gasteiger partial charge on any atom is 0.226 e. The second-order valence-electron chi connectivity index (χ2n) is 5.90. The van der Waals surface area contributed by atoms with Gasteiger partial charge < -0.3 is 20.1 Å². The van der Waals surface area contributed by atoms with Gasteiger partial charge in [0.05, 0.1) is 18.2 Å². The zero-order valence-electron chi connectivity index (χ0n) is 15.5. The molecule has 1 amide bonds. The summed E-state index contributed by atoms with van der Waals surface area (Å²) in [6.07, 6.45) is 1.75. The summed E-state index contributed by atoms with van der Waals surface area (Å²) in [5.74, 6) is 1.14. The summed E-state index contributed by atoms with van der Waals surface area (Å²) in [7, 11) is 0. The Balaban J connectivity index is 1.67. The molecule has 0 aliphatic rings. The van der Waals surface area contributed by atoms with Gasteiger partial charge in [0, 0.05) is 17.1 Å². The molecule has 0 radical (unpaired) electrons. The van der Waals surface area contributed by atoms with Crippen LogP contribution in [0, 0.1) is 0 Å². The number of halogens is 2. The van der Waals surface area contributed by atoms with E-state index < -0.39 is 0 Å². The average molecular weight is 441 g/mol. The van der Waals surface area contributed by atoms with Gasteiger partial charge in [0.2, 0.25) is 5.91 Å². The Morgan fingerprint density at radius 3 is 2.50 bits per heavy atom. The first-order chi connectivity index (χ1) is 13.5. The zero-order chi connectivity index (χ0) is 20.4. The highest BCUT2D eigenvalue weighted by Crippen LogP contribution is 2.27. The normalized spacial score (nSPS) is 10.2. The fourth-order valence-electron chi connectivity index (χ4n) is 2.21. The van der Waals surface area contributed by atoms with Crippen LogP contribution in [0.15, 0.2) is 42.5 Å². The number of carbonyl (C=O) groups is 1. The highest BCUT2D eigenvalue weighted by Gasteiger charge is 2.07. The molecule has 2 aromatic rings.